The van der Waals surface area contributed by atoms with Gasteiger partial charge in [0.15, 0.2) is 6.10 Å². The van der Waals surface area contributed by atoms with Gasteiger partial charge in [-0.05, 0) is 74.4 Å². The zero-order chi connectivity index (χ0) is 27.9. The molecule has 3 aromatic rings. The van der Waals surface area contributed by atoms with E-state index in [-0.39, 0.29) is 6.03 Å². The fourth-order valence-electron chi connectivity index (χ4n) is 3.89. The van der Waals surface area contributed by atoms with Crippen molar-refractivity contribution >= 4 is 29.4 Å². The first kappa shape index (κ1) is 30.1. The van der Waals surface area contributed by atoms with Crippen LogP contribution in [-0.4, -0.2) is 60.2 Å². The van der Waals surface area contributed by atoms with Gasteiger partial charge in [-0.2, -0.15) is 0 Å². The van der Waals surface area contributed by atoms with Gasteiger partial charge in [-0.3, -0.25) is 0 Å². The number of thioether (sulfide) groups is 1. The van der Waals surface area contributed by atoms with Crippen LogP contribution in [0.1, 0.15) is 30.9 Å². The molecule has 0 aliphatic carbocycles. The molecule has 208 valence electrons. The number of hydrogen-bond donors (Lipinski definition) is 2. The van der Waals surface area contributed by atoms with E-state index in [0.717, 1.165) is 35.4 Å². The third-order valence-electron chi connectivity index (χ3n) is 6.04. The first-order valence-electron chi connectivity index (χ1n) is 13.3. The van der Waals surface area contributed by atoms with Crippen molar-refractivity contribution in [3.8, 4) is 5.75 Å². The summed E-state index contributed by atoms with van der Waals surface area (Å²) < 4.78 is 11.2. The predicted octanol–water partition coefficient (Wildman–Crippen LogP) is 6.51. The maximum Gasteiger partial charge on any atom is 0.333 e. The average Bonchev–Trinajstić information content (AvgIpc) is 2.94. The van der Waals surface area contributed by atoms with Crippen molar-refractivity contribution in [3.63, 3.8) is 0 Å². The maximum absolute atomic E-state index is 13.1. The number of aryl methyl sites for hydroxylation is 1. The summed E-state index contributed by atoms with van der Waals surface area (Å²) >= 11 is 1.82. The Bertz CT molecular complexity index is 1140. The van der Waals surface area contributed by atoms with Gasteiger partial charge in [-0.1, -0.05) is 48.0 Å². The van der Waals surface area contributed by atoms with Crippen LogP contribution in [0.4, 0.5) is 10.5 Å². The molecule has 0 spiro atoms. The van der Waals surface area contributed by atoms with Crippen LogP contribution in [0.5, 0.6) is 5.75 Å². The van der Waals surface area contributed by atoms with E-state index < -0.39 is 12.1 Å². The highest BCUT2D eigenvalue weighted by atomic mass is 32.2. The smallest absolute Gasteiger partial charge is 0.333 e. The molecule has 3 aromatic carbocycles. The predicted molar refractivity (Wildman–Crippen MR) is 157 cm³/mol. The number of carbonyl (C=O) groups is 2. The lowest BCUT2D eigenvalue weighted by Crippen LogP contribution is -2.38. The van der Waals surface area contributed by atoms with E-state index in [1.807, 2.05) is 85.4 Å². The molecular formula is C31H38N2O5S. The molecule has 7 nitrogen and oxygen atoms in total. The number of unbranched alkanes of at least 4 members (excludes halogenated alkanes) is 1. The van der Waals surface area contributed by atoms with Crippen molar-refractivity contribution in [2.24, 2.45) is 0 Å². The summed E-state index contributed by atoms with van der Waals surface area (Å²) in [5.41, 5.74) is 2.76. The Balaban J connectivity index is 1.50. The summed E-state index contributed by atoms with van der Waals surface area (Å²) in [6.07, 6.45) is 1.31. The van der Waals surface area contributed by atoms with Crippen LogP contribution in [0.25, 0.3) is 0 Å². The minimum Gasteiger partial charge on any atom is -0.492 e. The second-order valence-corrected chi connectivity index (χ2v) is 10.3. The number of anilines is 1. The van der Waals surface area contributed by atoms with Crippen LogP contribution in [0.15, 0.2) is 83.8 Å². The van der Waals surface area contributed by atoms with E-state index in [9.17, 15) is 14.7 Å². The number of nitrogens with one attached hydrogen (secondary N) is 1. The number of benzene rings is 3. The van der Waals surface area contributed by atoms with E-state index in [1.54, 1.807) is 11.8 Å². The van der Waals surface area contributed by atoms with Gasteiger partial charge in [0.1, 0.15) is 12.4 Å². The van der Waals surface area contributed by atoms with E-state index >= 15 is 0 Å². The van der Waals surface area contributed by atoms with Gasteiger partial charge < -0.3 is 24.8 Å². The number of carboxylic acid groups (broad SMARTS) is 1. The van der Waals surface area contributed by atoms with Crippen molar-refractivity contribution in [2.45, 2.75) is 44.1 Å². The van der Waals surface area contributed by atoms with Crippen LogP contribution in [-0.2, 0) is 16.0 Å². The fraction of sp³-hybridized carbons (Fsp3) is 0.355. The van der Waals surface area contributed by atoms with Crippen LogP contribution in [0.3, 0.4) is 0 Å². The van der Waals surface area contributed by atoms with Crippen molar-refractivity contribution in [3.05, 3.63) is 90.0 Å². The molecule has 1 unspecified atom stereocenters. The third-order valence-corrected chi connectivity index (χ3v) is 7.14. The molecule has 0 heterocycles. The number of rotatable bonds is 16. The second-order valence-electron chi connectivity index (χ2n) is 9.13. The molecule has 0 saturated heterocycles. The Hall–Kier alpha value is -3.49. The molecule has 0 bridgehead atoms. The molecule has 0 fully saturated rings. The van der Waals surface area contributed by atoms with Gasteiger partial charge in [0.2, 0.25) is 0 Å². The molecule has 2 amide bonds. The number of aliphatic carboxylic acids is 1. The van der Waals surface area contributed by atoms with E-state index in [1.165, 1.54) is 4.90 Å². The van der Waals surface area contributed by atoms with Crippen LogP contribution in [0.2, 0.25) is 0 Å². The molecule has 39 heavy (non-hydrogen) atoms. The summed E-state index contributed by atoms with van der Waals surface area (Å²) in [7, 11) is 0. The summed E-state index contributed by atoms with van der Waals surface area (Å²) in [6.45, 7) is 5.55. The SMILES string of the molecule is CCOC(Cc1ccc(OCCN(CCCCSc2ccccc2)C(=O)Nc2ccc(C)cc2)cc1)C(=O)O. The first-order chi connectivity index (χ1) is 18.9. The zero-order valence-electron chi connectivity index (χ0n) is 22.7. The standard InChI is InChI=1S/C31H38N2O5S/c1-3-37-29(30(34)35)23-25-13-17-27(18-14-25)38-21-20-33(31(36)32-26-15-11-24(2)12-16-26)19-7-8-22-39-28-9-5-4-6-10-28/h4-6,9-18,29H,3,7-8,19-23H2,1-2H3,(H,32,36)(H,34,35). The zero-order valence-corrected chi connectivity index (χ0v) is 23.5. The maximum atomic E-state index is 13.1. The molecule has 0 radical (unpaired) electrons. The number of nitrogens with zero attached hydrogens (tertiary/aromatic N) is 1. The molecule has 3 rings (SSSR count). The van der Waals surface area contributed by atoms with Crippen molar-refractivity contribution in [2.75, 3.05) is 37.4 Å². The Morgan fingerprint density at radius 1 is 0.949 bits per heavy atom. The molecule has 0 aromatic heterocycles. The molecule has 0 aliphatic heterocycles. The minimum atomic E-state index is -0.972. The number of hydrogen-bond acceptors (Lipinski definition) is 5. The summed E-state index contributed by atoms with van der Waals surface area (Å²) in [4.78, 5) is 27.5. The van der Waals surface area contributed by atoms with Gasteiger partial charge >= 0.3 is 12.0 Å². The van der Waals surface area contributed by atoms with Crippen molar-refractivity contribution in [1.82, 2.24) is 4.90 Å². The number of urea groups is 1. The molecule has 2 N–H and O–H groups in total. The lowest BCUT2D eigenvalue weighted by atomic mass is 10.1. The quantitative estimate of drug-likeness (QED) is 0.156. The van der Waals surface area contributed by atoms with Gasteiger partial charge in [0.05, 0.1) is 6.54 Å². The second kappa shape index (κ2) is 16.5. The van der Waals surface area contributed by atoms with Crippen molar-refractivity contribution in [1.29, 1.82) is 0 Å². The van der Waals surface area contributed by atoms with Gasteiger partial charge in [0.25, 0.3) is 0 Å². The largest absolute Gasteiger partial charge is 0.492 e. The highest BCUT2D eigenvalue weighted by molar-refractivity contribution is 7.99. The van der Waals surface area contributed by atoms with Gasteiger partial charge in [-0.15, -0.1) is 11.8 Å². The highest BCUT2D eigenvalue weighted by Gasteiger charge is 2.18. The Labute approximate surface area is 235 Å². The molecule has 0 saturated carbocycles. The minimum absolute atomic E-state index is 0.149. The number of ether oxygens (including phenoxy) is 2. The average molecular weight is 551 g/mol. The summed E-state index contributed by atoms with van der Waals surface area (Å²) in [5.74, 6) is 0.687. The van der Waals surface area contributed by atoms with Crippen LogP contribution in [0, 0.1) is 6.92 Å². The van der Waals surface area contributed by atoms with Gasteiger partial charge in [-0.25, -0.2) is 9.59 Å². The third kappa shape index (κ3) is 11.0. The Morgan fingerprint density at radius 2 is 1.67 bits per heavy atom. The topological polar surface area (TPSA) is 88.1 Å². The highest BCUT2D eigenvalue weighted by Crippen LogP contribution is 2.19. The monoisotopic (exact) mass is 550 g/mol. The number of carbonyl (C=O) groups excluding carboxylic acids is 1. The molecular weight excluding hydrogens is 512 g/mol. The van der Waals surface area contributed by atoms with Crippen LogP contribution < -0.4 is 10.1 Å². The Kier molecular flexibility index (Phi) is 12.7. The van der Waals surface area contributed by atoms with Crippen LogP contribution >= 0.6 is 11.8 Å². The molecule has 8 heteroatoms. The lowest BCUT2D eigenvalue weighted by molar-refractivity contribution is -0.149. The van der Waals surface area contributed by atoms with Crippen molar-refractivity contribution < 1.29 is 24.2 Å². The van der Waals surface area contributed by atoms with E-state index in [4.69, 9.17) is 9.47 Å². The summed E-state index contributed by atoms with van der Waals surface area (Å²) in [5, 5.41) is 12.3. The van der Waals surface area contributed by atoms with E-state index in [0.29, 0.717) is 38.5 Å². The summed E-state index contributed by atoms with van der Waals surface area (Å²) in [6, 6.07) is 25.2. The number of carboxylic acids is 1. The normalized spacial score (nSPS) is 11.5. The number of amides is 2. The Morgan fingerprint density at radius 3 is 2.33 bits per heavy atom. The first-order valence-corrected chi connectivity index (χ1v) is 14.3. The van der Waals surface area contributed by atoms with Gasteiger partial charge in [0, 0.05) is 30.2 Å². The van der Waals surface area contributed by atoms with E-state index in [2.05, 4.69) is 17.4 Å². The molecule has 0 aliphatic rings. The fourth-order valence-corrected chi connectivity index (χ4v) is 4.83. The molecule has 1 atom stereocenters. The lowest BCUT2D eigenvalue weighted by Gasteiger charge is -2.23.